The topological polar surface area (TPSA) is 75.3 Å². The van der Waals surface area contributed by atoms with E-state index in [1.165, 1.54) is 6.26 Å². The first-order chi connectivity index (χ1) is 8.83. The van der Waals surface area contributed by atoms with E-state index in [2.05, 4.69) is 16.6 Å². The Hall–Kier alpha value is -2.00. The van der Waals surface area contributed by atoms with Gasteiger partial charge in [-0.2, -0.15) is 0 Å². The summed E-state index contributed by atoms with van der Waals surface area (Å²) in [4.78, 5) is 11.5. The summed E-state index contributed by atoms with van der Waals surface area (Å²) in [5.41, 5.74) is 1.96. The van der Waals surface area contributed by atoms with E-state index < -0.39 is 15.9 Å². The van der Waals surface area contributed by atoms with Gasteiger partial charge in [0.2, 0.25) is 0 Å². The Kier molecular flexibility index (Phi) is 4.95. The van der Waals surface area contributed by atoms with Gasteiger partial charge in [0.1, 0.15) is 0 Å². The van der Waals surface area contributed by atoms with Gasteiger partial charge in [0.05, 0.1) is 12.3 Å². The molecule has 0 aliphatic carbocycles. The zero-order chi connectivity index (χ0) is 14.5. The highest BCUT2D eigenvalue weighted by Gasteiger charge is 2.11. The number of carbonyl (C=O) groups excluding carboxylic acids is 1. The normalized spacial score (nSPS) is 10.6. The summed E-state index contributed by atoms with van der Waals surface area (Å²) in [6, 6.07) is 4.71. The fraction of sp³-hybridized carbons (Fsp3) is 0.308. The lowest BCUT2D eigenvalue weighted by atomic mass is 10.1. The predicted octanol–water partition coefficient (Wildman–Crippen LogP) is 1.29. The summed E-state index contributed by atoms with van der Waals surface area (Å²) < 4.78 is 22.6. The van der Waals surface area contributed by atoms with Crippen molar-refractivity contribution in [2.45, 2.75) is 12.7 Å². The molecule has 5 nitrogen and oxygen atoms in total. The molecule has 1 aromatic rings. The third kappa shape index (κ3) is 5.02. The maximum absolute atomic E-state index is 11.5. The molecule has 0 heterocycles. The van der Waals surface area contributed by atoms with Crippen molar-refractivity contribution in [3.8, 4) is 12.3 Å². The highest BCUT2D eigenvalue weighted by atomic mass is 32.2. The molecule has 2 N–H and O–H groups in total. The molecule has 0 fully saturated rings. The van der Waals surface area contributed by atoms with Crippen LogP contribution in [0.5, 0.6) is 0 Å². The minimum Gasteiger partial charge on any atom is -0.327 e. The van der Waals surface area contributed by atoms with E-state index in [1.54, 1.807) is 25.1 Å². The molecule has 0 aliphatic rings. The van der Waals surface area contributed by atoms with Crippen LogP contribution in [0.4, 0.5) is 10.5 Å². The summed E-state index contributed by atoms with van der Waals surface area (Å²) in [6.45, 7) is 1.89. The number of carbonyl (C=O) groups is 1. The molecule has 19 heavy (non-hydrogen) atoms. The van der Waals surface area contributed by atoms with Crippen LogP contribution in [-0.4, -0.2) is 27.2 Å². The summed E-state index contributed by atoms with van der Waals surface area (Å²) >= 11 is 0. The number of urea groups is 1. The lowest BCUT2D eigenvalue weighted by molar-refractivity contribution is 0.253. The first-order valence-electron chi connectivity index (χ1n) is 5.58. The second-order valence-corrected chi connectivity index (χ2v) is 6.31. The van der Waals surface area contributed by atoms with Crippen LogP contribution in [0.25, 0.3) is 0 Å². The number of sulfone groups is 1. The summed E-state index contributed by atoms with van der Waals surface area (Å²) in [5.74, 6) is 2.23. The van der Waals surface area contributed by atoms with Gasteiger partial charge in [0, 0.05) is 11.9 Å². The van der Waals surface area contributed by atoms with E-state index in [-0.39, 0.29) is 12.3 Å². The zero-order valence-electron chi connectivity index (χ0n) is 10.9. The van der Waals surface area contributed by atoms with E-state index >= 15 is 0 Å². The predicted molar refractivity (Wildman–Crippen MR) is 75.6 cm³/mol. The number of hydrogen-bond donors (Lipinski definition) is 2. The molecule has 2 amide bonds. The number of terminal acetylenes is 1. The monoisotopic (exact) mass is 280 g/mol. The smallest absolute Gasteiger partial charge is 0.320 e. The van der Waals surface area contributed by atoms with Crippen molar-refractivity contribution in [3.05, 3.63) is 29.3 Å². The fourth-order valence-corrected chi connectivity index (χ4v) is 2.43. The lowest BCUT2D eigenvalue weighted by Gasteiger charge is -2.12. The molecule has 0 aromatic heterocycles. The van der Waals surface area contributed by atoms with Crippen molar-refractivity contribution in [1.82, 2.24) is 5.32 Å². The molecule has 0 unspecified atom stereocenters. The Morgan fingerprint density at radius 1 is 1.42 bits per heavy atom. The largest absolute Gasteiger partial charge is 0.327 e. The highest BCUT2D eigenvalue weighted by molar-refractivity contribution is 7.89. The van der Waals surface area contributed by atoms with Crippen LogP contribution in [0, 0.1) is 19.3 Å². The second kappa shape index (κ2) is 6.25. The Balaban J connectivity index is 2.89. The van der Waals surface area contributed by atoms with Crippen molar-refractivity contribution in [2.75, 3.05) is 18.1 Å². The summed E-state index contributed by atoms with van der Waals surface area (Å²) in [6.07, 6.45) is 6.21. The lowest BCUT2D eigenvalue weighted by Crippen LogP contribution is -2.29. The van der Waals surface area contributed by atoms with Crippen molar-refractivity contribution in [3.63, 3.8) is 0 Å². The Labute approximate surface area is 113 Å². The molecule has 0 saturated carbocycles. The average molecular weight is 280 g/mol. The van der Waals surface area contributed by atoms with E-state index in [0.717, 1.165) is 5.56 Å². The van der Waals surface area contributed by atoms with Gasteiger partial charge in [-0.05, 0) is 24.1 Å². The van der Waals surface area contributed by atoms with Crippen molar-refractivity contribution in [2.24, 2.45) is 0 Å². The molecule has 6 heteroatoms. The number of nitrogens with one attached hydrogen (secondary N) is 2. The zero-order valence-corrected chi connectivity index (χ0v) is 11.7. The molecule has 0 aliphatic heterocycles. The van der Waals surface area contributed by atoms with E-state index in [9.17, 15) is 13.2 Å². The maximum Gasteiger partial charge on any atom is 0.320 e. The molecule has 0 bridgehead atoms. The second-order valence-electron chi connectivity index (χ2n) is 4.17. The van der Waals surface area contributed by atoms with Gasteiger partial charge in [0.15, 0.2) is 9.84 Å². The van der Waals surface area contributed by atoms with Gasteiger partial charge < -0.3 is 10.6 Å². The maximum atomic E-state index is 11.5. The number of anilines is 1. The molecule has 1 rings (SSSR count). The van der Waals surface area contributed by atoms with Crippen LogP contribution in [0.15, 0.2) is 18.2 Å². The van der Waals surface area contributed by atoms with Gasteiger partial charge in [-0.3, -0.25) is 0 Å². The van der Waals surface area contributed by atoms with Crippen LogP contribution in [0.3, 0.4) is 0 Å². The average Bonchev–Trinajstić information content (AvgIpc) is 2.30. The number of benzene rings is 1. The standard InChI is InChI=1S/C13H16N2O3S/c1-4-8-14-13(16)15-12-7-5-6-11(10(12)2)9-19(3,17)18/h1,5-7H,8-9H2,2-3H3,(H2,14,15,16). The van der Waals surface area contributed by atoms with Crippen molar-refractivity contribution in [1.29, 1.82) is 0 Å². The molecule has 0 saturated heterocycles. The van der Waals surface area contributed by atoms with E-state index in [0.29, 0.717) is 11.3 Å². The number of rotatable bonds is 4. The van der Waals surface area contributed by atoms with Gasteiger partial charge >= 0.3 is 6.03 Å². The molecule has 0 radical (unpaired) electrons. The van der Waals surface area contributed by atoms with Crippen molar-refractivity contribution < 1.29 is 13.2 Å². The van der Waals surface area contributed by atoms with Crippen LogP contribution in [-0.2, 0) is 15.6 Å². The van der Waals surface area contributed by atoms with E-state index in [1.807, 2.05) is 0 Å². The summed E-state index contributed by atoms with van der Waals surface area (Å²) in [5, 5.41) is 5.10. The molecule has 102 valence electrons. The molecular weight excluding hydrogens is 264 g/mol. The number of hydrogen-bond acceptors (Lipinski definition) is 3. The van der Waals surface area contributed by atoms with Crippen LogP contribution in [0.2, 0.25) is 0 Å². The minimum atomic E-state index is -3.11. The Bertz CT molecular complexity index is 615. The molecule has 1 aromatic carbocycles. The van der Waals surface area contributed by atoms with Gasteiger partial charge in [0.25, 0.3) is 0 Å². The SMILES string of the molecule is C#CCNC(=O)Nc1cccc(CS(C)(=O)=O)c1C. The van der Waals surface area contributed by atoms with Gasteiger partial charge in [-0.25, -0.2) is 13.2 Å². The third-order valence-corrected chi connectivity index (χ3v) is 3.30. The van der Waals surface area contributed by atoms with Crippen LogP contribution in [0.1, 0.15) is 11.1 Å². The van der Waals surface area contributed by atoms with Gasteiger partial charge in [-0.15, -0.1) is 6.42 Å². The highest BCUT2D eigenvalue weighted by Crippen LogP contribution is 2.20. The number of amides is 2. The molecule has 0 spiro atoms. The summed E-state index contributed by atoms with van der Waals surface area (Å²) in [7, 11) is -3.11. The first-order valence-corrected chi connectivity index (χ1v) is 7.64. The Morgan fingerprint density at radius 2 is 2.11 bits per heavy atom. The van der Waals surface area contributed by atoms with Crippen LogP contribution < -0.4 is 10.6 Å². The van der Waals surface area contributed by atoms with Gasteiger partial charge in [-0.1, -0.05) is 18.1 Å². The molecular formula is C13H16N2O3S. The first kappa shape index (κ1) is 15.1. The quantitative estimate of drug-likeness (QED) is 0.816. The van der Waals surface area contributed by atoms with Crippen LogP contribution >= 0.6 is 0 Å². The molecule has 0 atom stereocenters. The minimum absolute atomic E-state index is 0.0552. The Morgan fingerprint density at radius 3 is 2.68 bits per heavy atom. The third-order valence-electron chi connectivity index (χ3n) is 2.46. The van der Waals surface area contributed by atoms with E-state index in [4.69, 9.17) is 6.42 Å². The van der Waals surface area contributed by atoms with Crippen molar-refractivity contribution >= 4 is 21.6 Å². The fourth-order valence-electron chi connectivity index (χ4n) is 1.56.